The molecule has 0 saturated carbocycles. The molecule has 0 fully saturated rings. The van der Waals surface area contributed by atoms with Crippen LogP contribution < -0.4 is 10.6 Å². The molecule has 0 saturated heterocycles. The fourth-order valence-corrected chi connectivity index (χ4v) is 5.43. The quantitative estimate of drug-likeness (QED) is 0.118. The van der Waals surface area contributed by atoms with E-state index in [0.29, 0.717) is 36.6 Å². The maximum Gasteiger partial charge on any atom is 0.309 e. The number of amides is 1. The largest absolute Gasteiger partial charge is 0.461 e. The van der Waals surface area contributed by atoms with Gasteiger partial charge in [0.05, 0.1) is 5.92 Å². The molecule has 1 aromatic carbocycles. The Kier molecular flexibility index (Phi) is 15.3. The monoisotopic (exact) mass is 585 g/mol. The number of carbonyl (C=O) groups excluding carboxylic acids is 3. The van der Waals surface area contributed by atoms with Gasteiger partial charge in [0.1, 0.15) is 17.3 Å². The summed E-state index contributed by atoms with van der Waals surface area (Å²) in [4.78, 5) is 43.0. The second-order valence-corrected chi connectivity index (χ2v) is 11.7. The number of aromatic nitrogens is 1. The van der Waals surface area contributed by atoms with Gasteiger partial charge in [0.2, 0.25) is 0 Å². The normalized spacial score (nSPS) is 14.1. The fraction of sp³-hybridized carbons (Fsp3) is 0.562. The SMILES string of the molecule is C=CCOC(=O)[C@@H](C)C[C@H](Cc1ccccc1)NC(=O)c1csc([C@@H](C[C@@H](NC)C(C)C)OC(=O)CCCCC)n1. The van der Waals surface area contributed by atoms with Gasteiger partial charge in [-0.2, -0.15) is 0 Å². The van der Waals surface area contributed by atoms with Gasteiger partial charge in [-0.05, 0) is 37.8 Å². The average molecular weight is 586 g/mol. The van der Waals surface area contributed by atoms with E-state index in [9.17, 15) is 14.4 Å². The summed E-state index contributed by atoms with van der Waals surface area (Å²) in [6.07, 6.45) is 5.65. The van der Waals surface area contributed by atoms with Crippen molar-refractivity contribution in [2.45, 2.75) is 90.8 Å². The molecule has 226 valence electrons. The van der Waals surface area contributed by atoms with Crippen LogP contribution in [-0.2, 0) is 25.5 Å². The number of hydrogen-bond acceptors (Lipinski definition) is 8. The minimum Gasteiger partial charge on any atom is -0.461 e. The summed E-state index contributed by atoms with van der Waals surface area (Å²) in [6, 6.07) is 9.61. The molecular formula is C32H47N3O5S. The van der Waals surface area contributed by atoms with Crippen LogP contribution in [0.15, 0.2) is 48.4 Å². The first-order valence-corrected chi connectivity index (χ1v) is 15.5. The number of unbranched alkanes of at least 4 members (excludes halogenated alkanes) is 2. The molecule has 2 N–H and O–H groups in total. The topological polar surface area (TPSA) is 107 Å². The van der Waals surface area contributed by atoms with E-state index in [1.807, 2.05) is 37.4 Å². The zero-order valence-electron chi connectivity index (χ0n) is 25.2. The zero-order chi connectivity index (χ0) is 30.2. The second-order valence-electron chi connectivity index (χ2n) is 10.8. The van der Waals surface area contributed by atoms with Crippen molar-refractivity contribution in [3.05, 3.63) is 64.6 Å². The van der Waals surface area contributed by atoms with Crippen LogP contribution in [0.2, 0.25) is 0 Å². The standard InChI is InChI=1S/C32H47N3O5S/c1-7-9-11-16-29(36)40-28(20-26(33-6)22(3)4)31-35-27(21-41-31)30(37)34-25(19-24-14-12-10-13-15-24)18-23(5)32(38)39-17-8-2/h8,10,12-15,21-23,25-26,28,33H,2,7,9,11,16-20H2,1,3-6H3,(H,34,37)/t23-,25+,26+,28+/m0/s1. The fourth-order valence-electron chi connectivity index (χ4n) is 4.59. The number of benzene rings is 1. The Morgan fingerprint density at radius 3 is 2.46 bits per heavy atom. The lowest BCUT2D eigenvalue weighted by Crippen LogP contribution is -2.39. The Labute approximate surface area is 249 Å². The number of ether oxygens (including phenoxy) is 2. The van der Waals surface area contributed by atoms with Crippen molar-refractivity contribution in [2.24, 2.45) is 11.8 Å². The number of nitrogens with zero attached hydrogens (tertiary/aromatic N) is 1. The molecule has 0 aliphatic heterocycles. The highest BCUT2D eigenvalue weighted by atomic mass is 32.1. The number of carbonyl (C=O) groups is 3. The highest BCUT2D eigenvalue weighted by molar-refractivity contribution is 7.09. The van der Waals surface area contributed by atoms with Crippen LogP contribution >= 0.6 is 11.3 Å². The molecule has 1 amide bonds. The summed E-state index contributed by atoms with van der Waals surface area (Å²) in [7, 11) is 1.90. The number of hydrogen-bond donors (Lipinski definition) is 2. The van der Waals surface area contributed by atoms with Crippen molar-refractivity contribution in [1.29, 1.82) is 0 Å². The van der Waals surface area contributed by atoms with Crippen molar-refractivity contribution >= 4 is 29.2 Å². The maximum absolute atomic E-state index is 13.4. The predicted octanol–water partition coefficient (Wildman–Crippen LogP) is 6.04. The van der Waals surface area contributed by atoms with E-state index in [2.05, 4.69) is 43.0 Å². The van der Waals surface area contributed by atoms with E-state index >= 15 is 0 Å². The van der Waals surface area contributed by atoms with Gasteiger partial charge in [0.15, 0.2) is 6.10 Å². The molecule has 2 rings (SSSR count). The molecule has 4 atom stereocenters. The molecule has 8 nitrogen and oxygen atoms in total. The molecule has 0 bridgehead atoms. The van der Waals surface area contributed by atoms with Crippen LogP contribution in [0.25, 0.3) is 0 Å². The first kappa shape index (κ1) is 34.2. The van der Waals surface area contributed by atoms with Crippen LogP contribution in [0, 0.1) is 11.8 Å². The second kappa shape index (κ2) is 18.4. The molecule has 0 aliphatic rings. The van der Waals surface area contributed by atoms with Crippen LogP contribution in [0.4, 0.5) is 0 Å². The van der Waals surface area contributed by atoms with Gasteiger partial charge in [0, 0.05) is 30.3 Å². The van der Waals surface area contributed by atoms with Crippen molar-refractivity contribution in [2.75, 3.05) is 13.7 Å². The van der Waals surface area contributed by atoms with Crippen LogP contribution in [-0.4, -0.2) is 48.6 Å². The smallest absolute Gasteiger partial charge is 0.309 e. The minimum absolute atomic E-state index is 0.113. The molecule has 0 radical (unpaired) electrons. The lowest BCUT2D eigenvalue weighted by atomic mass is 9.96. The van der Waals surface area contributed by atoms with Crippen molar-refractivity contribution in [3.63, 3.8) is 0 Å². The van der Waals surface area contributed by atoms with E-state index in [4.69, 9.17) is 9.47 Å². The third-order valence-corrected chi connectivity index (χ3v) is 7.91. The van der Waals surface area contributed by atoms with Crippen molar-refractivity contribution in [3.8, 4) is 0 Å². The van der Waals surface area contributed by atoms with Gasteiger partial charge in [-0.15, -0.1) is 11.3 Å². The number of rotatable bonds is 19. The van der Waals surface area contributed by atoms with Gasteiger partial charge < -0.3 is 20.1 Å². The third kappa shape index (κ3) is 12.2. The summed E-state index contributed by atoms with van der Waals surface area (Å²) in [5.41, 5.74) is 1.31. The molecule has 1 aromatic heterocycles. The minimum atomic E-state index is -0.546. The lowest BCUT2D eigenvalue weighted by molar-refractivity contribution is -0.150. The number of thiazole rings is 1. The van der Waals surface area contributed by atoms with E-state index in [1.54, 1.807) is 12.3 Å². The number of nitrogens with one attached hydrogen (secondary N) is 2. The van der Waals surface area contributed by atoms with Gasteiger partial charge in [0.25, 0.3) is 5.91 Å². The Balaban J connectivity index is 2.20. The summed E-state index contributed by atoms with van der Waals surface area (Å²) in [5, 5.41) is 8.69. The molecule has 0 unspecified atom stereocenters. The van der Waals surface area contributed by atoms with Crippen molar-refractivity contribution < 1.29 is 23.9 Å². The summed E-state index contributed by atoms with van der Waals surface area (Å²) in [6.45, 7) is 11.9. The van der Waals surface area contributed by atoms with Gasteiger partial charge in [-0.25, -0.2) is 4.98 Å². The van der Waals surface area contributed by atoms with E-state index in [-0.39, 0.29) is 42.2 Å². The van der Waals surface area contributed by atoms with E-state index < -0.39 is 12.0 Å². The highest BCUT2D eigenvalue weighted by Crippen LogP contribution is 2.29. The predicted molar refractivity (Wildman–Crippen MR) is 164 cm³/mol. The van der Waals surface area contributed by atoms with Gasteiger partial charge >= 0.3 is 11.9 Å². The van der Waals surface area contributed by atoms with Crippen LogP contribution in [0.1, 0.15) is 93.4 Å². The van der Waals surface area contributed by atoms with Gasteiger partial charge in [-0.1, -0.05) is 83.5 Å². The molecular weight excluding hydrogens is 538 g/mol. The highest BCUT2D eigenvalue weighted by Gasteiger charge is 2.28. The Bertz CT molecular complexity index is 1090. The maximum atomic E-state index is 13.4. The summed E-state index contributed by atoms with van der Waals surface area (Å²) in [5.74, 6) is -1.00. The molecule has 0 spiro atoms. The van der Waals surface area contributed by atoms with Gasteiger partial charge in [-0.3, -0.25) is 14.4 Å². The average Bonchev–Trinajstić information content (AvgIpc) is 3.45. The Morgan fingerprint density at radius 1 is 1.10 bits per heavy atom. The third-order valence-electron chi connectivity index (χ3n) is 6.98. The summed E-state index contributed by atoms with van der Waals surface area (Å²) < 4.78 is 11.1. The molecule has 0 aliphatic carbocycles. The number of esters is 2. The van der Waals surface area contributed by atoms with Crippen molar-refractivity contribution in [1.82, 2.24) is 15.6 Å². The first-order chi connectivity index (χ1) is 19.7. The summed E-state index contributed by atoms with van der Waals surface area (Å²) >= 11 is 1.32. The Morgan fingerprint density at radius 2 is 1.83 bits per heavy atom. The zero-order valence-corrected chi connectivity index (χ0v) is 26.0. The molecule has 2 aromatic rings. The lowest BCUT2D eigenvalue weighted by Gasteiger charge is -2.25. The van der Waals surface area contributed by atoms with Crippen LogP contribution in [0.3, 0.4) is 0 Å². The van der Waals surface area contributed by atoms with E-state index in [1.165, 1.54) is 17.4 Å². The Hall–Kier alpha value is -3.04. The molecule has 1 heterocycles. The molecule has 9 heteroatoms. The first-order valence-electron chi connectivity index (χ1n) is 14.6. The van der Waals surface area contributed by atoms with E-state index in [0.717, 1.165) is 24.8 Å². The molecule has 41 heavy (non-hydrogen) atoms. The van der Waals surface area contributed by atoms with Crippen LogP contribution in [0.5, 0.6) is 0 Å².